The van der Waals surface area contributed by atoms with Crippen LogP contribution >= 0.6 is 0 Å². The number of piperazine rings is 1. The largest absolute Gasteiger partial charge is 0.431 e. The van der Waals surface area contributed by atoms with Crippen LogP contribution in [0.1, 0.15) is 48.9 Å². The number of piperidine rings is 1. The fourth-order valence-electron chi connectivity index (χ4n) is 7.84. The van der Waals surface area contributed by atoms with Crippen molar-refractivity contribution in [2.24, 2.45) is 13.0 Å². The van der Waals surface area contributed by atoms with E-state index in [2.05, 4.69) is 10.2 Å². The summed E-state index contributed by atoms with van der Waals surface area (Å²) in [5.41, 5.74) is 1.42. The van der Waals surface area contributed by atoms with Gasteiger partial charge in [0.2, 0.25) is 11.8 Å². The molecule has 4 saturated heterocycles. The quantitative estimate of drug-likeness (QED) is 0.565. The highest BCUT2D eigenvalue weighted by molar-refractivity contribution is 5.91. The molecule has 0 radical (unpaired) electrons. The fraction of sp³-hybridized carbons (Fsp3) is 0.621. The molecule has 1 aliphatic carbocycles. The maximum atomic E-state index is 13.7. The molecule has 9 nitrogen and oxygen atoms in total. The molecule has 5 heterocycles. The second kappa shape index (κ2) is 10.0. The van der Waals surface area contributed by atoms with Crippen molar-refractivity contribution in [1.29, 1.82) is 0 Å². The Morgan fingerprint density at radius 3 is 2.59 bits per heavy atom. The topological polar surface area (TPSA) is 87.1 Å². The minimum atomic E-state index is -4.38. The number of nitrogens with one attached hydrogen (secondary N) is 1. The summed E-state index contributed by atoms with van der Waals surface area (Å²) in [7, 11) is 5.03. The van der Waals surface area contributed by atoms with Crippen LogP contribution in [0.4, 0.5) is 13.2 Å². The van der Waals surface area contributed by atoms with Crippen LogP contribution in [-0.4, -0.2) is 95.1 Å². The number of aromatic nitrogens is 1. The van der Waals surface area contributed by atoms with Gasteiger partial charge in [-0.3, -0.25) is 14.4 Å². The van der Waals surface area contributed by atoms with Crippen LogP contribution in [0.2, 0.25) is 0 Å². The van der Waals surface area contributed by atoms with Crippen molar-refractivity contribution in [2.45, 2.75) is 69.1 Å². The average Bonchev–Trinajstić information content (AvgIpc) is 3.61. The minimum Gasteiger partial charge on any atom is -0.359 e. The molecule has 0 spiro atoms. The van der Waals surface area contributed by atoms with E-state index in [0.717, 1.165) is 30.3 Å². The van der Waals surface area contributed by atoms with Gasteiger partial charge in [0, 0.05) is 50.0 Å². The molecular weight excluding hydrogens is 539 g/mol. The van der Waals surface area contributed by atoms with Crippen LogP contribution in [0.25, 0.3) is 10.9 Å². The van der Waals surface area contributed by atoms with E-state index in [0.29, 0.717) is 30.5 Å². The average molecular weight is 576 g/mol. The van der Waals surface area contributed by atoms with Crippen LogP contribution in [0.3, 0.4) is 0 Å². The number of aryl methyl sites for hydroxylation is 1. The molecule has 6 atom stereocenters. The van der Waals surface area contributed by atoms with Crippen molar-refractivity contribution in [2.75, 3.05) is 33.7 Å². The number of likely N-dealkylation sites (N-methyl/N-ethyl adjacent to an activating group) is 1. The van der Waals surface area contributed by atoms with E-state index in [1.165, 1.54) is 11.6 Å². The Bertz CT molecular complexity index is 1410. The lowest BCUT2D eigenvalue weighted by Gasteiger charge is -2.45. The minimum absolute atomic E-state index is 0.00249. The first-order valence-electron chi connectivity index (χ1n) is 14.3. The van der Waals surface area contributed by atoms with Crippen LogP contribution in [0, 0.1) is 5.92 Å². The number of halogens is 3. The molecule has 4 aliphatic heterocycles. The predicted octanol–water partition coefficient (Wildman–Crippen LogP) is 2.47. The number of ether oxygens (including phenoxy) is 1. The van der Waals surface area contributed by atoms with E-state index in [1.807, 2.05) is 24.1 Å². The number of carbonyl (C=O) groups is 3. The Morgan fingerprint density at radius 1 is 1.12 bits per heavy atom. The van der Waals surface area contributed by atoms with Crippen LogP contribution in [0.15, 0.2) is 18.2 Å². The lowest BCUT2D eigenvalue weighted by Crippen LogP contribution is -2.58. The van der Waals surface area contributed by atoms with Crippen LogP contribution < -0.4 is 5.32 Å². The predicted molar refractivity (Wildman–Crippen MR) is 144 cm³/mol. The first-order valence-corrected chi connectivity index (χ1v) is 14.3. The highest BCUT2D eigenvalue weighted by Crippen LogP contribution is 2.48. The lowest BCUT2D eigenvalue weighted by atomic mass is 9.72. The summed E-state index contributed by atoms with van der Waals surface area (Å²) < 4.78 is 48.1. The Labute approximate surface area is 236 Å². The molecule has 5 aliphatic rings. The van der Waals surface area contributed by atoms with E-state index in [-0.39, 0.29) is 60.5 Å². The zero-order chi connectivity index (χ0) is 29.4. The Hall–Kier alpha value is -3.12. The highest BCUT2D eigenvalue weighted by Gasteiger charge is 2.51. The molecule has 1 aromatic carbocycles. The summed E-state index contributed by atoms with van der Waals surface area (Å²) in [5, 5.41) is 3.44. The number of fused-ring (bicyclic) bond motifs is 5. The number of alkyl halides is 3. The van der Waals surface area contributed by atoms with Gasteiger partial charge < -0.3 is 29.3 Å². The molecule has 12 heteroatoms. The number of amides is 3. The molecule has 4 fully saturated rings. The van der Waals surface area contributed by atoms with Gasteiger partial charge in [0.1, 0.15) is 18.3 Å². The van der Waals surface area contributed by atoms with Gasteiger partial charge in [-0.15, -0.1) is 0 Å². The van der Waals surface area contributed by atoms with Crippen molar-refractivity contribution in [3.05, 3.63) is 35.0 Å². The second-order valence-electron chi connectivity index (χ2n) is 11.9. The molecular formula is C29H36F3N5O4. The standard InChI is InChI=1S/C19H22F3N3O.C10H14N2O3/c1-23-18(26)10-7-12-11-5-4-6-14-16(11)13(8-15(12)24(2)9-10)17(25(14)3)19(20,21)22;1-6-9(14)12-5-8(13)11-4-2-3-7(11)10(12)15-6/h4-6,10,12,15H,7-9H2,1-3H3,(H,23,26);6-7,10H,2-5H2,1H3/t10?,12?,15-;/m1./s1. The van der Waals surface area contributed by atoms with Crippen molar-refractivity contribution in [1.82, 2.24) is 24.6 Å². The molecule has 1 aromatic heterocycles. The zero-order valence-electron chi connectivity index (χ0n) is 23.7. The van der Waals surface area contributed by atoms with Gasteiger partial charge in [-0.2, -0.15) is 13.2 Å². The first kappa shape index (κ1) is 28.0. The fourth-order valence-corrected chi connectivity index (χ4v) is 7.84. The molecule has 2 aromatic rings. The monoisotopic (exact) mass is 575 g/mol. The van der Waals surface area contributed by atoms with E-state index >= 15 is 0 Å². The van der Waals surface area contributed by atoms with Gasteiger partial charge in [0.15, 0.2) is 6.23 Å². The first-order chi connectivity index (χ1) is 19.4. The SMILES string of the molecule is CC1OC2C3CCCN3C(=O)CN2C1=O.CNC(=O)C1CC2c3cccc4c3c(c(C(F)(F)F)n4C)C[C@H]2N(C)C1. The highest BCUT2D eigenvalue weighted by atomic mass is 19.4. The number of benzene rings is 1. The number of hydrogen-bond donors (Lipinski definition) is 1. The molecule has 5 unspecified atom stereocenters. The Kier molecular flexibility index (Phi) is 6.84. The van der Waals surface area contributed by atoms with Gasteiger partial charge in [-0.05, 0) is 56.8 Å². The van der Waals surface area contributed by atoms with Crippen molar-refractivity contribution in [3.8, 4) is 0 Å². The second-order valence-corrected chi connectivity index (χ2v) is 11.9. The van der Waals surface area contributed by atoms with E-state index in [9.17, 15) is 27.6 Å². The lowest BCUT2D eigenvalue weighted by molar-refractivity contribution is -0.153. The molecule has 1 N–H and O–H groups in total. The molecule has 0 bridgehead atoms. The molecule has 0 saturated carbocycles. The van der Waals surface area contributed by atoms with E-state index in [4.69, 9.17) is 4.74 Å². The summed E-state index contributed by atoms with van der Waals surface area (Å²) in [6.07, 6.45) is -1.95. The Balaban J connectivity index is 0.000000170. The zero-order valence-corrected chi connectivity index (χ0v) is 23.7. The number of nitrogens with zero attached hydrogens (tertiary/aromatic N) is 4. The molecule has 7 rings (SSSR count). The van der Waals surface area contributed by atoms with Gasteiger partial charge in [-0.25, -0.2) is 0 Å². The van der Waals surface area contributed by atoms with E-state index < -0.39 is 11.9 Å². The van der Waals surface area contributed by atoms with Crippen LogP contribution in [-0.2, 0) is 38.8 Å². The molecule has 41 heavy (non-hydrogen) atoms. The van der Waals surface area contributed by atoms with Gasteiger partial charge >= 0.3 is 6.18 Å². The van der Waals surface area contributed by atoms with Gasteiger partial charge in [0.25, 0.3) is 5.91 Å². The molecule has 222 valence electrons. The third-order valence-electron chi connectivity index (χ3n) is 9.67. The number of likely N-dealkylation sites (tertiary alicyclic amines) is 1. The van der Waals surface area contributed by atoms with Crippen molar-refractivity contribution in [3.63, 3.8) is 0 Å². The maximum Gasteiger partial charge on any atom is 0.431 e. The summed E-state index contributed by atoms with van der Waals surface area (Å²) in [6, 6.07) is 5.59. The summed E-state index contributed by atoms with van der Waals surface area (Å²) in [4.78, 5) is 41.1. The summed E-state index contributed by atoms with van der Waals surface area (Å²) >= 11 is 0. The summed E-state index contributed by atoms with van der Waals surface area (Å²) in [6.45, 7) is 3.34. The third-order valence-corrected chi connectivity index (χ3v) is 9.67. The number of hydrogen-bond acceptors (Lipinski definition) is 5. The maximum absolute atomic E-state index is 13.7. The van der Waals surface area contributed by atoms with Gasteiger partial charge in [0.05, 0.1) is 12.0 Å². The van der Waals surface area contributed by atoms with E-state index in [1.54, 1.807) is 24.9 Å². The normalized spacial score (nSPS) is 31.0. The Morgan fingerprint density at radius 2 is 1.88 bits per heavy atom. The van der Waals surface area contributed by atoms with Crippen molar-refractivity contribution < 1.29 is 32.3 Å². The van der Waals surface area contributed by atoms with Crippen molar-refractivity contribution >= 4 is 28.6 Å². The number of rotatable bonds is 1. The summed E-state index contributed by atoms with van der Waals surface area (Å²) in [5.74, 6) is -0.0541. The van der Waals surface area contributed by atoms with Crippen LogP contribution in [0.5, 0.6) is 0 Å². The van der Waals surface area contributed by atoms with Gasteiger partial charge in [-0.1, -0.05) is 12.1 Å². The molecule has 3 amide bonds. The third kappa shape index (κ3) is 4.41. The smallest absolute Gasteiger partial charge is 0.359 e. The number of carbonyl (C=O) groups excluding carboxylic acids is 3.